The molecule has 0 bridgehead atoms. The van der Waals surface area contributed by atoms with Crippen LogP contribution < -0.4 is 4.74 Å². The molecule has 0 atom stereocenters. The number of nitrogens with zero attached hydrogens (tertiary/aromatic N) is 4. The molecule has 0 unspecified atom stereocenters. The molecule has 0 aliphatic carbocycles. The molecule has 0 spiro atoms. The number of fused-ring (bicyclic) bond motifs is 1. The molecule has 6 nitrogen and oxygen atoms in total. The normalized spacial score (nSPS) is 14.2. The highest BCUT2D eigenvalue weighted by molar-refractivity contribution is 5.96. The van der Waals surface area contributed by atoms with E-state index in [2.05, 4.69) is 69.0 Å². The Labute approximate surface area is 269 Å². The van der Waals surface area contributed by atoms with Crippen LogP contribution in [0.15, 0.2) is 79.0 Å². The summed E-state index contributed by atoms with van der Waals surface area (Å²) in [6, 6.07) is 22.4. The highest BCUT2D eigenvalue weighted by atomic mass is 16.5. The summed E-state index contributed by atoms with van der Waals surface area (Å²) >= 11 is 0. The summed E-state index contributed by atoms with van der Waals surface area (Å²) in [5.41, 5.74) is 5.77. The summed E-state index contributed by atoms with van der Waals surface area (Å²) < 4.78 is 7.97. The Bertz CT molecular complexity index is 1520. The van der Waals surface area contributed by atoms with Gasteiger partial charge in [-0.25, -0.2) is 4.52 Å². The van der Waals surface area contributed by atoms with Crippen LogP contribution >= 0.6 is 0 Å². The van der Waals surface area contributed by atoms with Gasteiger partial charge in [0.15, 0.2) is 0 Å². The van der Waals surface area contributed by atoms with Gasteiger partial charge in [0.05, 0.1) is 5.52 Å². The van der Waals surface area contributed by atoms with Crippen LogP contribution in [0.4, 0.5) is 0 Å². The molecule has 5 rings (SSSR count). The Morgan fingerprint density at radius 3 is 2.27 bits per heavy atom. The third-order valence-electron chi connectivity index (χ3n) is 8.63. The second-order valence-corrected chi connectivity index (χ2v) is 13.2. The van der Waals surface area contributed by atoms with Crippen molar-refractivity contribution in [1.29, 1.82) is 0 Å². The van der Waals surface area contributed by atoms with Crippen LogP contribution in [0, 0.1) is 11.8 Å². The van der Waals surface area contributed by atoms with Crippen LogP contribution in [0.25, 0.3) is 22.9 Å². The Hall–Kier alpha value is -3.90. The van der Waals surface area contributed by atoms with Crippen molar-refractivity contribution in [2.24, 2.45) is 11.8 Å². The zero-order valence-corrected chi connectivity index (χ0v) is 27.6. The van der Waals surface area contributed by atoms with Gasteiger partial charge in [0.25, 0.3) is 5.91 Å². The van der Waals surface area contributed by atoms with Gasteiger partial charge in [0.1, 0.15) is 18.1 Å². The van der Waals surface area contributed by atoms with Gasteiger partial charge in [-0.2, -0.15) is 5.10 Å². The highest BCUT2D eigenvalue weighted by Gasteiger charge is 2.20. The molecule has 0 radical (unpaired) electrons. The predicted molar refractivity (Wildman–Crippen MR) is 186 cm³/mol. The maximum atomic E-state index is 13.9. The maximum absolute atomic E-state index is 13.9. The van der Waals surface area contributed by atoms with Crippen LogP contribution in [-0.4, -0.2) is 58.0 Å². The molecular weight excluding hydrogens is 556 g/mol. The smallest absolute Gasteiger partial charge is 0.253 e. The summed E-state index contributed by atoms with van der Waals surface area (Å²) in [5, 5.41) is 5.02. The van der Waals surface area contributed by atoms with Crippen LogP contribution in [0.5, 0.6) is 5.75 Å². The van der Waals surface area contributed by atoms with E-state index in [1.54, 1.807) is 0 Å². The van der Waals surface area contributed by atoms with E-state index >= 15 is 0 Å². The van der Waals surface area contributed by atoms with Gasteiger partial charge in [0.2, 0.25) is 0 Å². The van der Waals surface area contributed by atoms with Crippen LogP contribution in [0.1, 0.15) is 81.3 Å². The number of rotatable bonds is 14. The molecule has 1 aliphatic rings. The van der Waals surface area contributed by atoms with E-state index in [0.29, 0.717) is 18.4 Å². The molecule has 3 heterocycles. The molecule has 2 aromatic carbocycles. The highest BCUT2D eigenvalue weighted by Crippen LogP contribution is 2.30. The molecular formula is C39H50N4O2. The number of benzene rings is 2. The van der Waals surface area contributed by atoms with Gasteiger partial charge in [-0.15, -0.1) is 0 Å². The van der Waals surface area contributed by atoms with Crippen molar-refractivity contribution in [3.05, 3.63) is 95.7 Å². The van der Waals surface area contributed by atoms with Crippen molar-refractivity contribution in [2.45, 2.75) is 66.4 Å². The van der Waals surface area contributed by atoms with Crippen molar-refractivity contribution in [3.8, 4) is 17.0 Å². The Morgan fingerprint density at radius 1 is 0.911 bits per heavy atom. The van der Waals surface area contributed by atoms with E-state index in [9.17, 15) is 4.79 Å². The van der Waals surface area contributed by atoms with E-state index in [1.807, 2.05) is 58.1 Å². The first-order chi connectivity index (χ1) is 21.9. The summed E-state index contributed by atoms with van der Waals surface area (Å²) in [5.74, 6) is 2.02. The molecule has 238 valence electrons. The Morgan fingerprint density at radius 2 is 1.60 bits per heavy atom. The lowest BCUT2D eigenvalue weighted by molar-refractivity contribution is 0.0741. The molecule has 4 aromatic rings. The van der Waals surface area contributed by atoms with Crippen LogP contribution in [0.3, 0.4) is 0 Å². The van der Waals surface area contributed by atoms with Crippen molar-refractivity contribution in [1.82, 2.24) is 19.4 Å². The fourth-order valence-electron chi connectivity index (χ4n) is 5.81. The van der Waals surface area contributed by atoms with Crippen molar-refractivity contribution in [2.75, 3.05) is 32.7 Å². The fraction of sp³-hybridized carbons (Fsp3) is 0.436. The number of piperidine rings is 1. The fourth-order valence-corrected chi connectivity index (χ4v) is 5.81. The summed E-state index contributed by atoms with van der Waals surface area (Å²) in [6.07, 6.45) is 12.3. The van der Waals surface area contributed by atoms with E-state index in [4.69, 9.17) is 9.84 Å². The van der Waals surface area contributed by atoms with Gasteiger partial charge in [0, 0.05) is 42.5 Å². The number of aromatic nitrogens is 2. The van der Waals surface area contributed by atoms with E-state index in [0.717, 1.165) is 84.8 Å². The molecule has 1 fully saturated rings. The summed E-state index contributed by atoms with van der Waals surface area (Å²) in [7, 11) is 0. The molecule has 0 saturated carbocycles. The zero-order chi connectivity index (χ0) is 31.6. The number of likely N-dealkylation sites (tertiary alicyclic amines) is 1. The maximum Gasteiger partial charge on any atom is 0.253 e. The van der Waals surface area contributed by atoms with Crippen molar-refractivity contribution in [3.63, 3.8) is 0 Å². The van der Waals surface area contributed by atoms with Crippen LogP contribution in [-0.2, 0) is 6.61 Å². The number of hydrogen-bond donors (Lipinski definition) is 0. The lowest BCUT2D eigenvalue weighted by Gasteiger charge is -2.25. The van der Waals surface area contributed by atoms with E-state index in [-0.39, 0.29) is 5.91 Å². The standard InChI is InChI=1S/C39H50N4O2/c1-30(2)19-25-42(26-20-31(3)4)39(44)34-21-27-43-37(28-34)36(14-11-24-41-22-9-6-10-23-41)38(40-43)33-15-17-35(18-16-33)45-29-32-12-7-5-8-13-32/h5,7-8,11-18,21,27-28,30-31H,6,9-10,19-20,22-26,29H2,1-4H3. The predicted octanol–water partition coefficient (Wildman–Crippen LogP) is 8.61. The van der Waals surface area contributed by atoms with Gasteiger partial charge in [-0.3, -0.25) is 9.69 Å². The first-order valence-electron chi connectivity index (χ1n) is 16.8. The lowest BCUT2D eigenvalue weighted by atomic mass is 10.0. The molecule has 1 aliphatic heterocycles. The number of carbonyl (C=O) groups is 1. The molecule has 1 amide bonds. The first kappa shape index (κ1) is 32.5. The number of pyridine rings is 1. The zero-order valence-electron chi connectivity index (χ0n) is 27.6. The number of ether oxygens (including phenoxy) is 1. The van der Waals surface area contributed by atoms with Gasteiger partial charge in [-0.1, -0.05) is 76.6 Å². The molecule has 1 saturated heterocycles. The topological polar surface area (TPSA) is 50.1 Å². The number of hydrogen-bond acceptors (Lipinski definition) is 4. The first-order valence-corrected chi connectivity index (χ1v) is 16.8. The van der Waals surface area contributed by atoms with Gasteiger partial charge < -0.3 is 9.64 Å². The monoisotopic (exact) mass is 606 g/mol. The third-order valence-corrected chi connectivity index (χ3v) is 8.63. The third kappa shape index (κ3) is 9.07. The summed E-state index contributed by atoms with van der Waals surface area (Å²) in [4.78, 5) is 18.4. The second-order valence-electron chi connectivity index (χ2n) is 13.2. The largest absolute Gasteiger partial charge is 0.489 e. The second kappa shape index (κ2) is 15.9. The molecule has 45 heavy (non-hydrogen) atoms. The minimum absolute atomic E-state index is 0.102. The van der Waals surface area contributed by atoms with Crippen molar-refractivity contribution < 1.29 is 9.53 Å². The minimum Gasteiger partial charge on any atom is -0.489 e. The molecule has 6 heteroatoms. The van der Waals surface area contributed by atoms with E-state index in [1.165, 1.54) is 19.3 Å². The van der Waals surface area contributed by atoms with E-state index < -0.39 is 0 Å². The Kier molecular flexibility index (Phi) is 11.5. The summed E-state index contributed by atoms with van der Waals surface area (Å²) in [6.45, 7) is 14.2. The van der Waals surface area contributed by atoms with Crippen LogP contribution in [0.2, 0.25) is 0 Å². The Balaban J connectivity index is 1.44. The van der Waals surface area contributed by atoms with Gasteiger partial charge >= 0.3 is 0 Å². The molecule has 0 N–H and O–H groups in total. The number of amides is 1. The SMILES string of the molecule is CC(C)CCN(CCC(C)C)C(=O)c1ccn2nc(-c3ccc(OCc4ccccc4)cc3)c(C=CCN3CCCCC3)c2c1. The lowest BCUT2D eigenvalue weighted by Crippen LogP contribution is -2.34. The minimum atomic E-state index is 0.102. The molecule has 2 aromatic heterocycles. The number of carbonyl (C=O) groups excluding carboxylic acids is 1. The van der Waals surface area contributed by atoms with Gasteiger partial charge in [-0.05, 0) is 92.6 Å². The average Bonchev–Trinajstić information content (AvgIpc) is 3.42. The quantitative estimate of drug-likeness (QED) is 0.144. The average molecular weight is 607 g/mol. The van der Waals surface area contributed by atoms with Crippen molar-refractivity contribution >= 4 is 17.5 Å².